The minimum atomic E-state index is 0.0580. The number of nitrogens with one attached hydrogen (secondary N) is 1. The number of rotatable bonds is 16. The van der Waals surface area contributed by atoms with Crippen molar-refractivity contribution >= 4 is 28.5 Å². The quantitative estimate of drug-likeness (QED) is 0.188. The van der Waals surface area contributed by atoms with Gasteiger partial charge in [0.05, 0.1) is 0 Å². The lowest BCUT2D eigenvalue weighted by molar-refractivity contribution is 0.0953. The van der Waals surface area contributed by atoms with Gasteiger partial charge in [-0.1, -0.05) is 96.5 Å². The summed E-state index contributed by atoms with van der Waals surface area (Å²) in [6.07, 6.45) is 19.1. The minimum Gasteiger partial charge on any atom is -0.352 e. The highest BCUT2D eigenvalue weighted by atomic mass is 127. The molecule has 0 atom stereocenters. The van der Waals surface area contributed by atoms with E-state index in [-0.39, 0.29) is 5.91 Å². The van der Waals surface area contributed by atoms with Crippen LogP contribution in [0.3, 0.4) is 0 Å². The van der Waals surface area contributed by atoms with Crippen LogP contribution in [0.1, 0.15) is 113 Å². The number of benzene rings is 1. The lowest BCUT2D eigenvalue weighted by Gasteiger charge is -2.07. The molecule has 0 spiro atoms. The summed E-state index contributed by atoms with van der Waals surface area (Å²) < 4.78 is 1.15. The van der Waals surface area contributed by atoms with E-state index in [4.69, 9.17) is 0 Å². The maximum absolute atomic E-state index is 12.1. The molecule has 3 heteroatoms. The van der Waals surface area contributed by atoms with Gasteiger partial charge < -0.3 is 5.32 Å². The number of carbonyl (C=O) groups is 1. The van der Waals surface area contributed by atoms with Gasteiger partial charge in [0.1, 0.15) is 0 Å². The van der Waals surface area contributed by atoms with E-state index in [0.29, 0.717) is 0 Å². The standard InChI is InChI=1S/C24H40INO/c1-3-4-5-6-7-8-9-10-11-12-13-14-15-16-19-26-24(27)22-18-17-21(2)23(25)20-22/h17-18,20H,3-16,19H2,1-2H3,(H,26,27). The van der Waals surface area contributed by atoms with E-state index in [1.807, 2.05) is 18.2 Å². The van der Waals surface area contributed by atoms with Crippen LogP contribution in [-0.4, -0.2) is 12.5 Å². The summed E-state index contributed by atoms with van der Waals surface area (Å²) in [5.41, 5.74) is 1.99. The molecule has 154 valence electrons. The van der Waals surface area contributed by atoms with Gasteiger partial charge >= 0.3 is 0 Å². The predicted octanol–water partition coefficient (Wildman–Crippen LogP) is 7.81. The van der Waals surface area contributed by atoms with Crippen molar-refractivity contribution < 1.29 is 4.79 Å². The zero-order chi connectivity index (χ0) is 19.7. The van der Waals surface area contributed by atoms with Crippen molar-refractivity contribution in [2.24, 2.45) is 0 Å². The summed E-state index contributed by atoms with van der Waals surface area (Å²) in [7, 11) is 0. The van der Waals surface area contributed by atoms with Crippen LogP contribution in [0.4, 0.5) is 0 Å². The third-order valence-electron chi connectivity index (χ3n) is 5.25. The Balaban J connectivity index is 1.87. The normalized spacial score (nSPS) is 10.9. The molecule has 0 aromatic heterocycles. The lowest BCUT2D eigenvalue weighted by Crippen LogP contribution is -2.24. The molecule has 1 rings (SSSR count). The number of aryl methyl sites for hydroxylation is 1. The van der Waals surface area contributed by atoms with E-state index in [1.54, 1.807) is 0 Å². The van der Waals surface area contributed by atoms with E-state index in [1.165, 1.54) is 89.0 Å². The molecule has 2 nitrogen and oxygen atoms in total. The Kier molecular flexibility index (Phi) is 14.8. The fraction of sp³-hybridized carbons (Fsp3) is 0.708. The van der Waals surface area contributed by atoms with Crippen molar-refractivity contribution in [1.29, 1.82) is 0 Å². The number of hydrogen-bond acceptors (Lipinski definition) is 1. The van der Waals surface area contributed by atoms with Crippen LogP contribution >= 0.6 is 22.6 Å². The molecule has 1 amide bonds. The molecule has 0 bridgehead atoms. The third kappa shape index (κ3) is 12.5. The average molecular weight is 485 g/mol. The Morgan fingerprint density at radius 2 is 1.30 bits per heavy atom. The van der Waals surface area contributed by atoms with Gasteiger partial charge in [0.2, 0.25) is 0 Å². The summed E-state index contributed by atoms with van der Waals surface area (Å²) in [6.45, 7) is 5.14. The first-order valence-electron chi connectivity index (χ1n) is 11.2. The maximum atomic E-state index is 12.1. The molecular weight excluding hydrogens is 445 g/mol. The topological polar surface area (TPSA) is 29.1 Å². The highest BCUT2D eigenvalue weighted by Crippen LogP contribution is 2.14. The molecule has 0 aliphatic rings. The molecule has 1 aromatic rings. The molecule has 1 aromatic carbocycles. The predicted molar refractivity (Wildman–Crippen MR) is 127 cm³/mol. The molecule has 0 aliphatic carbocycles. The summed E-state index contributed by atoms with van der Waals surface area (Å²) in [5.74, 6) is 0.0580. The van der Waals surface area contributed by atoms with Crippen molar-refractivity contribution in [3.63, 3.8) is 0 Å². The first-order chi connectivity index (χ1) is 13.1. The second kappa shape index (κ2) is 16.4. The fourth-order valence-corrected chi connectivity index (χ4v) is 3.87. The van der Waals surface area contributed by atoms with Crippen LogP contribution in [0.25, 0.3) is 0 Å². The SMILES string of the molecule is CCCCCCCCCCCCCCCCNC(=O)c1ccc(C)c(I)c1. The zero-order valence-electron chi connectivity index (χ0n) is 17.6. The summed E-state index contributed by atoms with van der Waals surface area (Å²) >= 11 is 2.28. The van der Waals surface area contributed by atoms with E-state index in [0.717, 1.165) is 22.1 Å². The average Bonchev–Trinajstić information content (AvgIpc) is 2.66. The molecule has 1 N–H and O–H groups in total. The largest absolute Gasteiger partial charge is 0.352 e. The maximum Gasteiger partial charge on any atom is 0.251 e. The van der Waals surface area contributed by atoms with Crippen molar-refractivity contribution in [3.8, 4) is 0 Å². The van der Waals surface area contributed by atoms with Gasteiger partial charge in [0, 0.05) is 15.7 Å². The van der Waals surface area contributed by atoms with Gasteiger partial charge in [-0.3, -0.25) is 4.79 Å². The van der Waals surface area contributed by atoms with Crippen LogP contribution in [0, 0.1) is 10.5 Å². The number of unbranched alkanes of at least 4 members (excludes halogenated alkanes) is 13. The second-order valence-electron chi connectivity index (χ2n) is 7.82. The fourth-order valence-electron chi connectivity index (χ4n) is 3.36. The highest BCUT2D eigenvalue weighted by Gasteiger charge is 2.06. The Hall–Kier alpha value is -0.580. The van der Waals surface area contributed by atoms with Crippen LogP contribution in [-0.2, 0) is 0 Å². The molecule has 0 radical (unpaired) electrons. The van der Waals surface area contributed by atoms with E-state index in [2.05, 4.69) is 41.8 Å². The van der Waals surface area contributed by atoms with Crippen molar-refractivity contribution in [2.45, 2.75) is 104 Å². The molecule has 0 fully saturated rings. The first-order valence-corrected chi connectivity index (χ1v) is 12.3. The zero-order valence-corrected chi connectivity index (χ0v) is 19.8. The number of carbonyl (C=O) groups excluding carboxylic acids is 1. The van der Waals surface area contributed by atoms with Gasteiger partial charge in [0.25, 0.3) is 5.91 Å². The van der Waals surface area contributed by atoms with Crippen molar-refractivity contribution in [3.05, 3.63) is 32.9 Å². The van der Waals surface area contributed by atoms with Gasteiger partial charge in [-0.05, 0) is 53.6 Å². The Morgan fingerprint density at radius 3 is 1.78 bits per heavy atom. The first kappa shape index (κ1) is 24.5. The second-order valence-corrected chi connectivity index (χ2v) is 8.98. The monoisotopic (exact) mass is 485 g/mol. The minimum absolute atomic E-state index is 0.0580. The molecule has 0 aliphatic heterocycles. The van der Waals surface area contributed by atoms with Crippen molar-refractivity contribution in [1.82, 2.24) is 5.32 Å². The molecule has 0 unspecified atom stereocenters. The molecular formula is C24H40INO. The van der Waals surface area contributed by atoms with Gasteiger partial charge in [-0.15, -0.1) is 0 Å². The van der Waals surface area contributed by atoms with Gasteiger partial charge in [-0.25, -0.2) is 0 Å². The Morgan fingerprint density at radius 1 is 0.815 bits per heavy atom. The van der Waals surface area contributed by atoms with Crippen LogP contribution in [0.5, 0.6) is 0 Å². The van der Waals surface area contributed by atoms with E-state index in [9.17, 15) is 4.79 Å². The highest BCUT2D eigenvalue weighted by molar-refractivity contribution is 14.1. The number of amides is 1. The Labute approximate surface area is 181 Å². The van der Waals surface area contributed by atoms with Gasteiger partial charge in [-0.2, -0.15) is 0 Å². The van der Waals surface area contributed by atoms with Crippen LogP contribution in [0.15, 0.2) is 18.2 Å². The summed E-state index contributed by atoms with van der Waals surface area (Å²) in [4.78, 5) is 12.1. The molecule has 0 heterocycles. The number of halogens is 1. The number of hydrogen-bond donors (Lipinski definition) is 1. The lowest BCUT2D eigenvalue weighted by atomic mass is 10.0. The van der Waals surface area contributed by atoms with Crippen LogP contribution in [0.2, 0.25) is 0 Å². The summed E-state index contributed by atoms with van der Waals surface area (Å²) in [5, 5.41) is 3.05. The third-order valence-corrected chi connectivity index (χ3v) is 6.41. The Bertz CT molecular complexity index is 515. The van der Waals surface area contributed by atoms with Gasteiger partial charge in [0.15, 0.2) is 0 Å². The summed E-state index contributed by atoms with van der Waals surface area (Å²) in [6, 6.07) is 5.90. The van der Waals surface area contributed by atoms with Crippen LogP contribution < -0.4 is 5.32 Å². The molecule has 0 saturated carbocycles. The molecule has 0 saturated heterocycles. The van der Waals surface area contributed by atoms with Crippen molar-refractivity contribution in [2.75, 3.05) is 6.54 Å². The van der Waals surface area contributed by atoms with E-state index < -0.39 is 0 Å². The smallest absolute Gasteiger partial charge is 0.251 e. The van der Waals surface area contributed by atoms with E-state index >= 15 is 0 Å². The molecule has 27 heavy (non-hydrogen) atoms.